The zero-order valence-electron chi connectivity index (χ0n) is 11.2. The molecule has 1 N–H and O–H groups in total. The topological polar surface area (TPSA) is 50.9 Å². The monoisotopic (exact) mass is 293 g/mol. The second kappa shape index (κ2) is 5.54. The van der Waals surface area contributed by atoms with Gasteiger partial charge in [-0.3, -0.25) is 4.57 Å². The van der Waals surface area contributed by atoms with Gasteiger partial charge >= 0.3 is 0 Å². The number of hydrogen-bond acceptors (Lipinski definition) is 4. The normalized spacial score (nSPS) is 16.4. The first-order valence-electron chi connectivity index (χ1n) is 6.67. The predicted molar refractivity (Wildman–Crippen MR) is 76.1 cm³/mol. The highest BCUT2D eigenvalue weighted by atomic mass is 32.2. The number of thioether (sulfide) groups is 1. The van der Waals surface area contributed by atoms with Crippen LogP contribution in [0, 0.1) is 5.82 Å². The maximum absolute atomic E-state index is 13.9. The fourth-order valence-electron chi connectivity index (χ4n) is 2.06. The van der Waals surface area contributed by atoms with Crippen molar-refractivity contribution in [3.63, 3.8) is 0 Å². The maximum atomic E-state index is 13.9. The molecule has 1 heterocycles. The number of aliphatic hydroxyl groups is 1. The predicted octanol–water partition coefficient (Wildman–Crippen LogP) is 2.89. The summed E-state index contributed by atoms with van der Waals surface area (Å²) < 4.78 is 15.9. The number of halogens is 1. The summed E-state index contributed by atoms with van der Waals surface area (Å²) in [5.74, 6) is 0.856. The Morgan fingerprint density at radius 1 is 1.40 bits per heavy atom. The highest BCUT2D eigenvalue weighted by Gasteiger charge is 2.30. The van der Waals surface area contributed by atoms with E-state index in [0.29, 0.717) is 23.2 Å². The van der Waals surface area contributed by atoms with Crippen LogP contribution in [0.25, 0.3) is 11.4 Å². The van der Waals surface area contributed by atoms with E-state index < -0.39 is 6.10 Å². The minimum absolute atomic E-state index is 0.283. The number of nitrogens with zero attached hydrogens (tertiary/aromatic N) is 3. The van der Waals surface area contributed by atoms with Crippen molar-refractivity contribution in [3.05, 3.63) is 30.1 Å². The van der Waals surface area contributed by atoms with Crippen LogP contribution in [0.5, 0.6) is 0 Å². The van der Waals surface area contributed by atoms with Crippen LogP contribution in [0.4, 0.5) is 4.39 Å². The Morgan fingerprint density at radius 3 is 2.80 bits per heavy atom. The number of aromatic nitrogens is 3. The molecule has 6 heteroatoms. The molecule has 0 unspecified atom stereocenters. The summed E-state index contributed by atoms with van der Waals surface area (Å²) in [6.07, 6.45) is 1.74. The van der Waals surface area contributed by atoms with Crippen molar-refractivity contribution in [2.24, 2.45) is 0 Å². The molecule has 20 heavy (non-hydrogen) atoms. The summed E-state index contributed by atoms with van der Waals surface area (Å²) >= 11 is 1.46. The molecule has 1 saturated carbocycles. The molecule has 0 amide bonds. The van der Waals surface area contributed by atoms with E-state index in [0.717, 1.165) is 18.0 Å². The van der Waals surface area contributed by atoms with Crippen molar-refractivity contribution in [2.75, 3.05) is 5.75 Å². The Balaban J connectivity index is 1.97. The van der Waals surface area contributed by atoms with E-state index in [2.05, 4.69) is 10.2 Å². The van der Waals surface area contributed by atoms with Gasteiger partial charge in [-0.15, -0.1) is 10.2 Å². The number of hydrogen-bond donors (Lipinski definition) is 1. The average Bonchev–Trinajstić information content (AvgIpc) is 3.17. The van der Waals surface area contributed by atoms with Gasteiger partial charge < -0.3 is 5.11 Å². The van der Waals surface area contributed by atoms with Crippen LogP contribution in [0.15, 0.2) is 29.4 Å². The number of benzene rings is 1. The third-order valence-electron chi connectivity index (χ3n) is 3.14. The summed E-state index contributed by atoms with van der Waals surface area (Å²) in [6, 6.07) is 6.98. The number of aliphatic hydroxyl groups excluding tert-OH is 1. The minimum atomic E-state index is -0.402. The van der Waals surface area contributed by atoms with Gasteiger partial charge in [-0.1, -0.05) is 23.9 Å². The lowest BCUT2D eigenvalue weighted by Crippen LogP contribution is -2.06. The Kier molecular flexibility index (Phi) is 3.76. The Bertz CT molecular complexity index is 610. The third-order valence-corrected chi connectivity index (χ3v) is 4.33. The van der Waals surface area contributed by atoms with Crippen LogP contribution < -0.4 is 0 Å². The highest BCUT2D eigenvalue weighted by Crippen LogP contribution is 2.41. The standard InChI is InChI=1S/C14H16FN3OS/c1-9(19)8-20-14-17-16-13(18(14)10-6-7-10)11-4-2-3-5-12(11)15/h2-5,9-10,19H,6-8H2,1H3/t9-/m0/s1. The van der Waals surface area contributed by atoms with Crippen LogP contribution >= 0.6 is 11.8 Å². The van der Waals surface area contributed by atoms with Gasteiger partial charge in [0, 0.05) is 11.8 Å². The number of rotatable bonds is 5. The molecule has 1 aliphatic rings. The van der Waals surface area contributed by atoms with E-state index in [-0.39, 0.29) is 5.82 Å². The van der Waals surface area contributed by atoms with Crippen LogP contribution in [-0.2, 0) is 0 Å². The van der Waals surface area contributed by atoms with Gasteiger partial charge in [0.05, 0.1) is 11.7 Å². The Morgan fingerprint density at radius 2 is 2.15 bits per heavy atom. The summed E-state index contributed by atoms with van der Waals surface area (Å²) in [6.45, 7) is 1.74. The molecule has 4 nitrogen and oxygen atoms in total. The quantitative estimate of drug-likeness (QED) is 0.861. The molecule has 0 saturated heterocycles. The van der Waals surface area contributed by atoms with E-state index in [1.54, 1.807) is 25.1 Å². The van der Waals surface area contributed by atoms with Crippen LogP contribution in [-0.4, -0.2) is 31.7 Å². The fourth-order valence-corrected chi connectivity index (χ4v) is 2.92. The van der Waals surface area contributed by atoms with Crippen LogP contribution in [0.2, 0.25) is 0 Å². The van der Waals surface area contributed by atoms with Gasteiger partial charge in [0.1, 0.15) is 5.82 Å². The van der Waals surface area contributed by atoms with Crippen molar-refractivity contribution in [2.45, 2.75) is 37.1 Å². The Labute approximate surface area is 121 Å². The Hall–Kier alpha value is -1.40. The van der Waals surface area contributed by atoms with Gasteiger partial charge in [0.25, 0.3) is 0 Å². The smallest absolute Gasteiger partial charge is 0.191 e. The van der Waals surface area contributed by atoms with Crippen molar-refractivity contribution in [1.29, 1.82) is 0 Å². The van der Waals surface area contributed by atoms with Crippen LogP contribution in [0.3, 0.4) is 0 Å². The van der Waals surface area contributed by atoms with E-state index in [4.69, 9.17) is 0 Å². The first-order chi connectivity index (χ1) is 9.66. The summed E-state index contributed by atoms with van der Waals surface area (Å²) in [5, 5.41) is 18.5. The van der Waals surface area contributed by atoms with Gasteiger partial charge in [-0.25, -0.2) is 4.39 Å². The lowest BCUT2D eigenvalue weighted by Gasteiger charge is -2.09. The molecule has 3 rings (SSSR count). The molecule has 0 bridgehead atoms. The molecule has 1 atom stereocenters. The molecular weight excluding hydrogens is 277 g/mol. The summed E-state index contributed by atoms with van der Waals surface area (Å²) in [4.78, 5) is 0. The maximum Gasteiger partial charge on any atom is 0.191 e. The lowest BCUT2D eigenvalue weighted by molar-refractivity contribution is 0.220. The lowest BCUT2D eigenvalue weighted by atomic mass is 10.2. The molecular formula is C14H16FN3OS. The molecule has 1 aliphatic carbocycles. The zero-order chi connectivity index (χ0) is 14.1. The van der Waals surface area contributed by atoms with Gasteiger partial charge in [0.2, 0.25) is 0 Å². The second-order valence-corrected chi connectivity index (χ2v) is 6.03. The van der Waals surface area contributed by atoms with Crippen molar-refractivity contribution in [3.8, 4) is 11.4 Å². The molecule has 1 aromatic carbocycles. The van der Waals surface area contributed by atoms with Crippen molar-refractivity contribution < 1.29 is 9.50 Å². The first-order valence-corrected chi connectivity index (χ1v) is 7.66. The van der Waals surface area contributed by atoms with E-state index in [9.17, 15) is 9.50 Å². The molecule has 2 aromatic rings. The van der Waals surface area contributed by atoms with Crippen molar-refractivity contribution in [1.82, 2.24) is 14.8 Å². The average molecular weight is 293 g/mol. The first kappa shape index (κ1) is 13.6. The molecule has 1 fully saturated rings. The van der Waals surface area contributed by atoms with E-state index in [1.807, 2.05) is 4.57 Å². The second-order valence-electron chi connectivity index (χ2n) is 5.05. The third kappa shape index (κ3) is 2.71. The van der Waals surface area contributed by atoms with Gasteiger partial charge in [0.15, 0.2) is 11.0 Å². The molecule has 1 aromatic heterocycles. The van der Waals surface area contributed by atoms with Gasteiger partial charge in [-0.2, -0.15) is 0 Å². The molecule has 0 radical (unpaired) electrons. The fraction of sp³-hybridized carbons (Fsp3) is 0.429. The summed E-state index contributed by atoms with van der Waals surface area (Å²) in [5.41, 5.74) is 0.482. The highest BCUT2D eigenvalue weighted by molar-refractivity contribution is 7.99. The summed E-state index contributed by atoms with van der Waals surface area (Å²) in [7, 11) is 0. The minimum Gasteiger partial charge on any atom is -0.393 e. The van der Waals surface area contributed by atoms with Crippen molar-refractivity contribution >= 4 is 11.8 Å². The SMILES string of the molecule is C[C@H](O)CSc1nnc(-c2ccccc2F)n1C1CC1. The van der Waals surface area contributed by atoms with E-state index in [1.165, 1.54) is 17.8 Å². The molecule has 0 aliphatic heterocycles. The van der Waals surface area contributed by atoms with E-state index >= 15 is 0 Å². The van der Waals surface area contributed by atoms with Crippen LogP contribution in [0.1, 0.15) is 25.8 Å². The van der Waals surface area contributed by atoms with Gasteiger partial charge in [-0.05, 0) is 31.9 Å². The molecule has 0 spiro atoms. The molecule has 106 valence electrons. The zero-order valence-corrected chi connectivity index (χ0v) is 12.0. The largest absolute Gasteiger partial charge is 0.393 e.